The zero-order valence-electron chi connectivity index (χ0n) is 14.4. The van der Waals surface area contributed by atoms with Crippen molar-refractivity contribution < 1.29 is 0 Å². The van der Waals surface area contributed by atoms with Crippen LogP contribution in [0.5, 0.6) is 0 Å². The Balaban J connectivity index is 1.79. The van der Waals surface area contributed by atoms with Gasteiger partial charge in [0.2, 0.25) is 0 Å². The van der Waals surface area contributed by atoms with Gasteiger partial charge in [-0.15, -0.1) is 0 Å². The molecule has 0 aliphatic heterocycles. The largest absolute Gasteiger partial charge is 0.343 e. The summed E-state index contributed by atoms with van der Waals surface area (Å²) in [6.07, 6.45) is 3.36. The van der Waals surface area contributed by atoms with E-state index < -0.39 is 0 Å². The monoisotopic (exact) mass is 375 g/mol. The summed E-state index contributed by atoms with van der Waals surface area (Å²) in [7, 11) is 1.98. The molecule has 0 aliphatic carbocycles. The van der Waals surface area contributed by atoms with Crippen LogP contribution in [0.4, 0.5) is 0 Å². The van der Waals surface area contributed by atoms with Gasteiger partial charge in [-0.1, -0.05) is 47.5 Å². The van der Waals surface area contributed by atoms with Gasteiger partial charge in [0, 0.05) is 30.2 Å². The third-order valence-corrected chi connectivity index (χ3v) is 5.04. The molecule has 0 aliphatic rings. The molecule has 0 radical (unpaired) electrons. The van der Waals surface area contributed by atoms with E-state index >= 15 is 0 Å². The fraction of sp³-hybridized carbons (Fsp3) is 0.300. The van der Waals surface area contributed by atoms with Crippen molar-refractivity contribution in [3.63, 3.8) is 0 Å². The summed E-state index contributed by atoms with van der Waals surface area (Å²) in [5.41, 5.74) is 3.70. The van der Waals surface area contributed by atoms with Crippen LogP contribution in [0, 0.1) is 0 Å². The highest BCUT2D eigenvalue weighted by atomic mass is 35.5. The van der Waals surface area contributed by atoms with E-state index in [4.69, 9.17) is 23.2 Å². The van der Waals surface area contributed by atoms with Crippen molar-refractivity contribution >= 4 is 34.1 Å². The number of nitrogens with one attached hydrogen (secondary N) is 2. The number of hydrogen-bond acceptors (Lipinski definition) is 2. The lowest BCUT2D eigenvalue weighted by atomic mass is 10.2. The smallest absolute Gasteiger partial charge is 0.0595 e. The van der Waals surface area contributed by atoms with E-state index in [2.05, 4.69) is 45.7 Å². The van der Waals surface area contributed by atoms with Crippen LogP contribution < -0.4 is 10.6 Å². The molecule has 132 valence electrons. The van der Waals surface area contributed by atoms with Gasteiger partial charge in [0.05, 0.1) is 10.0 Å². The molecular formula is C20H23Cl2N3. The zero-order valence-corrected chi connectivity index (χ0v) is 15.9. The fourth-order valence-electron chi connectivity index (χ4n) is 3.04. The number of nitrogens with zero attached hydrogens (tertiary/aromatic N) is 1. The Morgan fingerprint density at radius 1 is 1.00 bits per heavy atom. The van der Waals surface area contributed by atoms with E-state index in [1.54, 1.807) is 0 Å². The van der Waals surface area contributed by atoms with E-state index in [1.165, 1.54) is 16.5 Å². The third kappa shape index (κ3) is 4.56. The summed E-state index contributed by atoms with van der Waals surface area (Å²) >= 11 is 12.2. The predicted octanol–water partition coefficient (Wildman–Crippen LogP) is 4.70. The Morgan fingerprint density at radius 2 is 1.84 bits per heavy atom. The molecule has 0 saturated heterocycles. The molecule has 3 rings (SSSR count). The maximum Gasteiger partial charge on any atom is 0.0595 e. The summed E-state index contributed by atoms with van der Waals surface area (Å²) in [4.78, 5) is 0. The van der Waals surface area contributed by atoms with E-state index in [0.717, 1.165) is 38.2 Å². The average molecular weight is 376 g/mol. The van der Waals surface area contributed by atoms with Crippen LogP contribution in [0.3, 0.4) is 0 Å². The molecular weight excluding hydrogens is 353 g/mol. The molecule has 25 heavy (non-hydrogen) atoms. The zero-order chi connectivity index (χ0) is 17.6. The van der Waals surface area contributed by atoms with Gasteiger partial charge >= 0.3 is 0 Å². The number of halogens is 2. The first-order chi connectivity index (χ1) is 12.2. The second kappa shape index (κ2) is 8.72. The summed E-state index contributed by atoms with van der Waals surface area (Å²) in [6.45, 7) is 3.69. The van der Waals surface area contributed by atoms with Crippen LogP contribution in [0.25, 0.3) is 10.9 Å². The molecule has 0 unspecified atom stereocenters. The van der Waals surface area contributed by atoms with Crippen LogP contribution in [0.1, 0.15) is 17.5 Å². The molecule has 0 atom stereocenters. The number of benzene rings is 2. The Kier molecular flexibility index (Phi) is 6.38. The topological polar surface area (TPSA) is 29.0 Å². The highest BCUT2D eigenvalue weighted by molar-refractivity contribution is 6.42. The van der Waals surface area contributed by atoms with Gasteiger partial charge in [-0.3, -0.25) is 0 Å². The lowest BCUT2D eigenvalue weighted by Gasteiger charge is -2.07. The lowest BCUT2D eigenvalue weighted by Crippen LogP contribution is -2.19. The first kappa shape index (κ1) is 18.3. The van der Waals surface area contributed by atoms with Crippen molar-refractivity contribution in [2.24, 2.45) is 0 Å². The summed E-state index contributed by atoms with van der Waals surface area (Å²) in [6, 6.07) is 14.3. The summed E-state index contributed by atoms with van der Waals surface area (Å²) < 4.78 is 2.28. The van der Waals surface area contributed by atoms with Crippen molar-refractivity contribution in [1.82, 2.24) is 15.2 Å². The molecule has 1 heterocycles. The number of fused-ring (bicyclic) bond motifs is 1. The molecule has 3 aromatic rings. The van der Waals surface area contributed by atoms with Crippen LogP contribution in [-0.2, 0) is 13.1 Å². The first-order valence-electron chi connectivity index (χ1n) is 8.55. The highest BCUT2D eigenvalue weighted by Crippen LogP contribution is 2.26. The van der Waals surface area contributed by atoms with Crippen molar-refractivity contribution in [1.29, 1.82) is 0 Å². The normalized spacial score (nSPS) is 11.3. The van der Waals surface area contributed by atoms with Crippen molar-refractivity contribution in [3.8, 4) is 0 Å². The lowest BCUT2D eigenvalue weighted by molar-refractivity contribution is 0.625. The first-order valence-corrected chi connectivity index (χ1v) is 9.30. The predicted molar refractivity (Wildman–Crippen MR) is 108 cm³/mol. The molecule has 0 fully saturated rings. The maximum atomic E-state index is 6.16. The summed E-state index contributed by atoms with van der Waals surface area (Å²) in [5.74, 6) is 0. The van der Waals surface area contributed by atoms with Gasteiger partial charge in [0.1, 0.15) is 0 Å². The highest BCUT2D eigenvalue weighted by Gasteiger charge is 2.09. The second-order valence-electron chi connectivity index (χ2n) is 6.18. The van der Waals surface area contributed by atoms with Crippen LogP contribution in [-0.4, -0.2) is 24.7 Å². The number of rotatable bonds is 8. The minimum absolute atomic E-state index is 0.592. The number of aromatic nitrogens is 1. The van der Waals surface area contributed by atoms with Crippen molar-refractivity contribution in [2.75, 3.05) is 20.1 Å². The standard InChI is InChI=1S/C20H23Cl2N3/c1-23-9-4-10-24-12-16-14-25(20-6-3-2-5-17(16)20)13-15-7-8-18(21)19(22)11-15/h2-3,5-8,11,14,23-24H,4,9-10,12-13H2,1H3. The van der Waals surface area contributed by atoms with E-state index in [0.29, 0.717) is 10.0 Å². The Labute approximate surface area is 158 Å². The van der Waals surface area contributed by atoms with Gasteiger partial charge in [-0.2, -0.15) is 0 Å². The van der Waals surface area contributed by atoms with Crippen molar-refractivity contribution in [2.45, 2.75) is 19.5 Å². The third-order valence-electron chi connectivity index (χ3n) is 4.30. The molecule has 0 bridgehead atoms. The van der Waals surface area contributed by atoms with E-state index in [1.807, 2.05) is 25.2 Å². The molecule has 5 heteroatoms. The van der Waals surface area contributed by atoms with Gasteiger partial charge in [-0.05, 0) is 55.9 Å². The molecule has 0 spiro atoms. The van der Waals surface area contributed by atoms with Crippen molar-refractivity contribution in [3.05, 3.63) is 69.8 Å². The Morgan fingerprint density at radius 3 is 2.64 bits per heavy atom. The van der Waals surface area contributed by atoms with Crippen LogP contribution >= 0.6 is 23.2 Å². The minimum atomic E-state index is 0.592. The number of hydrogen-bond donors (Lipinski definition) is 2. The van der Waals surface area contributed by atoms with E-state index in [-0.39, 0.29) is 0 Å². The second-order valence-corrected chi connectivity index (χ2v) is 7.00. The van der Waals surface area contributed by atoms with E-state index in [9.17, 15) is 0 Å². The minimum Gasteiger partial charge on any atom is -0.343 e. The number of para-hydroxylation sites is 1. The van der Waals surface area contributed by atoms with Crippen LogP contribution in [0.15, 0.2) is 48.7 Å². The average Bonchev–Trinajstić information content (AvgIpc) is 2.96. The molecule has 0 amide bonds. The SMILES string of the molecule is CNCCCNCc1cn(Cc2ccc(Cl)c(Cl)c2)c2ccccc12. The summed E-state index contributed by atoms with van der Waals surface area (Å²) in [5, 5.41) is 9.19. The quantitative estimate of drug-likeness (QED) is 0.558. The van der Waals surface area contributed by atoms with Gasteiger partial charge in [-0.25, -0.2) is 0 Å². The van der Waals surface area contributed by atoms with Gasteiger partial charge in [0.15, 0.2) is 0 Å². The maximum absolute atomic E-state index is 6.16. The van der Waals surface area contributed by atoms with Crippen LogP contribution in [0.2, 0.25) is 10.0 Å². The van der Waals surface area contributed by atoms with Gasteiger partial charge < -0.3 is 15.2 Å². The fourth-order valence-corrected chi connectivity index (χ4v) is 3.36. The molecule has 0 saturated carbocycles. The molecule has 2 N–H and O–H groups in total. The molecule has 2 aromatic carbocycles. The molecule has 1 aromatic heterocycles. The molecule has 3 nitrogen and oxygen atoms in total. The van der Waals surface area contributed by atoms with Gasteiger partial charge in [0.25, 0.3) is 0 Å². The Hall–Kier alpha value is -1.52. The Bertz CT molecular complexity index is 842.